The minimum atomic E-state index is -3.93. The van der Waals surface area contributed by atoms with Crippen molar-refractivity contribution in [1.82, 2.24) is 4.98 Å². The Bertz CT molecular complexity index is 932. The molecule has 2 aromatic rings. The summed E-state index contributed by atoms with van der Waals surface area (Å²) in [6, 6.07) is 7.47. The van der Waals surface area contributed by atoms with Gasteiger partial charge in [0.1, 0.15) is 6.07 Å². The summed E-state index contributed by atoms with van der Waals surface area (Å²) in [6.07, 6.45) is 1.47. The molecular weight excluding hydrogens is 328 g/mol. The third-order valence-corrected chi connectivity index (χ3v) is 4.10. The zero-order chi connectivity index (χ0) is 16.3. The predicted octanol–water partition coefficient (Wildman–Crippen LogP) is 2.04. The fourth-order valence-corrected chi connectivity index (χ4v) is 2.81. The Kier molecular flexibility index (Phi) is 4.40. The van der Waals surface area contributed by atoms with Crippen LogP contribution in [-0.2, 0) is 13.8 Å². The van der Waals surface area contributed by atoms with Gasteiger partial charge in [-0.05, 0) is 24.3 Å². The molecule has 0 spiro atoms. The van der Waals surface area contributed by atoms with Crippen LogP contribution >= 0.6 is 10.7 Å². The Morgan fingerprint density at radius 1 is 1.41 bits per heavy atom. The van der Waals surface area contributed by atoms with Crippen molar-refractivity contribution < 1.29 is 13.2 Å². The molecule has 0 fully saturated rings. The van der Waals surface area contributed by atoms with Gasteiger partial charge in [-0.2, -0.15) is 10.4 Å². The van der Waals surface area contributed by atoms with Crippen molar-refractivity contribution in [3.8, 4) is 6.07 Å². The van der Waals surface area contributed by atoms with Crippen LogP contribution in [0.3, 0.4) is 0 Å². The van der Waals surface area contributed by atoms with Crippen LogP contribution < -0.4 is 5.43 Å². The third kappa shape index (κ3) is 3.21. The first-order valence-corrected chi connectivity index (χ1v) is 8.22. The standard InChI is InChI=1S/C13H9ClN4O3S/c1-8(19)11(7-15)18-17-10-4-5-12(22(14,20)21)9-3-2-6-16-13(9)10/h2-6,17H,1H3/b18-11+. The van der Waals surface area contributed by atoms with E-state index < -0.39 is 14.8 Å². The van der Waals surface area contributed by atoms with Gasteiger partial charge in [0.15, 0.2) is 5.78 Å². The van der Waals surface area contributed by atoms with Crippen molar-refractivity contribution >= 4 is 47.8 Å². The number of halogens is 1. The van der Waals surface area contributed by atoms with Crippen molar-refractivity contribution in [3.05, 3.63) is 30.5 Å². The van der Waals surface area contributed by atoms with Crippen molar-refractivity contribution in [2.75, 3.05) is 5.43 Å². The maximum Gasteiger partial charge on any atom is 0.261 e. The first-order valence-electron chi connectivity index (χ1n) is 5.91. The van der Waals surface area contributed by atoms with Crippen molar-refractivity contribution in [1.29, 1.82) is 5.26 Å². The monoisotopic (exact) mass is 336 g/mol. The maximum absolute atomic E-state index is 11.6. The molecule has 9 heteroatoms. The van der Waals surface area contributed by atoms with Gasteiger partial charge in [0.05, 0.1) is 16.1 Å². The van der Waals surface area contributed by atoms with E-state index in [0.717, 1.165) is 0 Å². The molecule has 0 unspecified atom stereocenters. The second-order valence-corrected chi connectivity index (χ2v) is 6.72. The summed E-state index contributed by atoms with van der Waals surface area (Å²) in [5, 5.41) is 12.8. The van der Waals surface area contributed by atoms with Gasteiger partial charge in [0.2, 0.25) is 5.71 Å². The highest BCUT2D eigenvalue weighted by atomic mass is 35.7. The number of hydrazone groups is 1. The SMILES string of the molecule is CC(=O)/C(C#N)=N/Nc1ccc(S(=O)(=O)Cl)c2cccnc12. The van der Waals surface area contributed by atoms with E-state index in [2.05, 4.69) is 15.5 Å². The first-order chi connectivity index (χ1) is 10.3. The van der Waals surface area contributed by atoms with Crippen LogP contribution in [0.2, 0.25) is 0 Å². The summed E-state index contributed by atoms with van der Waals surface area (Å²) in [7, 11) is 1.46. The van der Waals surface area contributed by atoms with Gasteiger partial charge in [0.25, 0.3) is 9.05 Å². The molecule has 0 saturated heterocycles. The minimum Gasteiger partial charge on any atom is -0.292 e. The molecule has 0 amide bonds. The maximum atomic E-state index is 11.6. The van der Waals surface area contributed by atoms with Gasteiger partial charge >= 0.3 is 0 Å². The molecule has 7 nitrogen and oxygen atoms in total. The number of carbonyl (C=O) groups is 1. The average molecular weight is 337 g/mol. The number of nitrogens with zero attached hydrogens (tertiary/aromatic N) is 3. The number of pyridine rings is 1. The molecule has 0 radical (unpaired) electrons. The molecule has 0 saturated carbocycles. The summed E-state index contributed by atoms with van der Waals surface area (Å²) < 4.78 is 23.1. The normalized spacial score (nSPS) is 12.0. The number of benzene rings is 1. The summed E-state index contributed by atoms with van der Waals surface area (Å²) in [6.45, 7) is 1.21. The summed E-state index contributed by atoms with van der Waals surface area (Å²) in [4.78, 5) is 15.1. The lowest BCUT2D eigenvalue weighted by atomic mass is 10.2. The van der Waals surface area contributed by atoms with E-state index in [1.807, 2.05) is 0 Å². The van der Waals surface area contributed by atoms with E-state index in [0.29, 0.717) is 16.6 Å². The summed E-state index contributed by atoms with van der Waals surface area (Å²) in [5.74, 6) is -0.493. The number of Topliss-reactive ketones (excluding diaryl/α,β-unsaturated/α-hetero) is 1. The highest BCUT2D eigenvalue weighted by Crippen LogP contribution is 2.29. The quantitative estimate of drug-likeness (QED) is 0.519. The second-order valence-electron chi connectivity index (χ2n) is 4.19. The van der Waals surface area contributed by atoms with Gasteiger partial charge < -0.3 is 0 Å². The van der Waals surface area contributed by atoms with Crippen molar-refractivity contribution in [2.45, 2.75) is 11.8 Å². The molecule has 1 aromatic carbocycles. The second kappa shape index (κ2) is 6.09. The van der Waals surface area contributed by atoms with Gasteiger partial charge in [-0.15, -0.1) is 0 Å². The van der Waals surface area contributed by atoms with Crippen molar-refractivity contribution in [3.63, 3.8) is 0 Å². The molecule has 22 heavy (non-hydrogen) atoms. The number of hydrogen-bond donors (Lipinski definition) is 1. The number of nitriles is 1. The van der Waals surface area contributed by atoms with Gasteiger partial charge in [-0.25, -0.2) is 8.42 Å². The molecule has 0 aliphatic carbocycles. The Morgan fingerprint density at radius 3 is 2.73 bits per heavy atom. The predicted molar refractivity (Wildman–Crippen MR) is 82.1 cm³/mol. The van der Waals surface area contributed by atoms with E-state index in [-0.39, 0.29) is 10.6 Å². The first kappa shape index (κ1) is 15.9. The Hall–Kier alpha value is -2.50. The van der Waals surface area contributed by atoms with E-state index in [9.17, 15) is 13.2 Å². The van der Waals surface area contributed by atoms with E-state index >= 15 is 0 Å². The van der Waals surface area contributed by atoms with Crippen LogP contribution in [0.25, 0.3) is 10.9 Å². The number of carbonyl (C=O) groups excluding carboxylic acids is 1. The topological polar surface area (TPSA) is 112 Å². The van der Waals surface area contributed by atoms with E-state index in [1.165, 1.54) is 25.3 Å². The fraction of sp³-hybridized carbons (Fsp3) is 0.0769. The lowest BCUT2D eigenvalue weighted by molar-refractivity contribution is -0.110. The molecule has 0 bridgehead atoms. The number of hydrogen-bond acceptors (Lipinski definition) is 7. The number of nitrogens with one attached hydrogen (secondary N) is 1. The Balaban J connectivity index is 2.59. The average Bonchev–Trinajstić information content (AvgIpc) is 2.46. The lowest BCUT2D eigenvalue weighted by Crippen LogP contribution is -2.09. The van der Waals surface area contributed by atoms with Crippen LogP contribution in [0.4, 0.5) is 5.69 Å². The van der Waals surface area contributed by atoms with Crippen LogP contribution in [0.5, 0.6) is 0 Å². The fourth-order valence-electron chi connectivity index (χ4n) is 1.75. The molecule has 1 heterocycles. The molecule has 2 rings (SSSR count). The zero-order valence-corrected chi connectivity index (χ0v) is 12.8. The van der Waals surface area contributed by atoms with Crippen molar-refractivity contribution in [2.24, 2.45) is 5.10 Å². The molecule has 1 aromatic heterocycles. The Labute approximate surface area is 130 Å². The third-order valence-electron chi connectivity index (χ3n) is 2.72. The number of ketones is 1. The van der Waals surface area contributed by atoms with Crippen LogP contribution in [0.1, 0.15) is 6.92 Å². The van der Waals surface area contributed by atoms with Gasteiger partial charge in [-0.3, -0.25) is 15.2 Å². The van der Waals surface area contributed by atoms with E-state index in [1.54, 1.807) is 18.2 Å². The molecular formula is C13H9ClN4O3S. The smallest absolute Gasteiger partial charge is 0.261 e. The van der Waals surface area contributed by atoms with Gasteiger partial charge in [-0.1, -0.05) is 0 Å². The zero-order valence-electron chi connectivity index (χ0n) is 11.2. The number of fused-ring (bicyclic) bond motifs is 1. The number of aromatic nitrogens is 1. The van der Waals surface area contributed by atoms with Crippen LogP contribution in [0, 0.1) is 11.3 Å². The van der Waals surface area contributed by atoms with Crippen LogP contribution in [0.15, 0.2) is 40.5 Å². The molecule has 0 aliphatic rings. The summed E-state index contributed by atoms with van der Waals surface area (Å²) in [5.41, 5.74) is 2.88. The lowest BCUT2D eigenvalue weighted by Gasteiger charge is -2.08. The molecule has 112 valence electrons. The highest BCUT2D eigenvalue weighted by Gasteiger charge is 2.16. The van der Waals surface area contributed by atoms with E-state index in [4.69, 9.17) is 15.9 Å². The number of anilines is 1. The minimum absolute atomic E-state index is 0.0844. The summed E-state index contributed by atoms with van der Waals surface area (Å²) >= 11 is 0. The molecule has 0 aliphatic heterocycles. The van der Waals surface area contributed by atoms with Crippen LogP contribution in [-0.4, -0.2) is 24.9 Å². The van der Waals surface area contributed by atoms with Gasteiger partial charge in [0, 0.05) is 29.2 Å². The molecule has 1 N–H and O–H groups in total. The Morgan fingerprint density at radius 2 is 2.14 bits per heavy atom. The number of rotatable bonds is 4. The molecule has 0 atom stereocenters. The largest absolute Gasteiger partial charge is 0.292 e. The highest BCUT2D eigenvalue weighted by molar-refractivity contribution is 8.14.